The van der Waals surface area contributed by atoms with E-state index in [1.54, 1.807) is 103 Å². The van der Waals surface area contributed by atoms with Gasteiger partial charge in [-0.2, -0.15) is 0 Å². The van der Waals surface area contributed by atoms with Gasteiger partial charge in [0.05, 0.1) is 0 Å². The van der Waals surface area contributed by atoms with E-state index in [-0.39, 0.29) is 0 Å². The van der Waals surface area contributed by atoms with Crippen LogP contribution in [0.1, 0.15) is 5.56 Å². The van der Waals surface area contributed by atoms with E-state index in [0.717, 1.165) is 5.56 Å². The molecule has 186 valence electrons. The molecule has 0 amide bonds. The van der Waals surface area contributed by atoms with Crippen LogP contribution in [-0.4, -0.2) is 25.5 Å². The van der Waals surface area contributed by atoms with E-state index in [4.69, 9.17) is 25.5 Å². The molecule has 0 unspecified atom stereocenters. The van der Waals surface area contributed by atoms with Crippen LogP contribution in [0.3, 0.4) is 0 Å². The van der Waals surface area contributed by atoms with Crippen LogP contribution >= 0.6 is 0 Å². The minimum atomic E-state index is 0.322. The van der Waals surface area contributed by atoms with Gasteiger partial charge in [0.25, 0.3) is 0 Å². The van der Waals surface area contributed by atoms with E-state index >= 15 is 0 Å². The van der Waals surface area contributed by atoms with E-state index in [2.05, 4.69) is 0 Å². The molecular weight excluding hydrogens is 452 g/mol. The quantitative estimate of drug-likeness (QED) is 0.159. The molecule has 0 aliphatic carbocycles. The lowest BCUT2D eigenvalue weighted by atomic mass is 10.2. The summed E-state index contributed by atoms with van der Waals surface area (Å²) in [6, 6.07) is 42.1. The Kier molecular flexibility index (Phi) is 15.0. The number of para-hydroxylation sites is 5. The molecule has 0 aliphatic rings. The van der Waals surface area contributed by atoms with Crippen LogP contribution in [0.4, 0.5) is 0 Å². The average Bonchev–Trinajstić information content (AvgIpc) is 2.89. The highest BCUT2D eigenvalue weighted by atomic mass is 16.3. The molecule has 0 aliphatic heterocycles. The van der Waals surface area contributed by atoms with Gasteiger partial charge in [0.2, 0.25) is 0 Å². The summed E-state index contributed by atoms with van der Waals surface area (Å²) in [4.78, 5) is 0. The summed E-state index contributed by atoms with van der Waals surface area (Å²) in [6.07, 6.45) is 0. The van der Waals surface area contributed by atoms with Crippen LogP contribution in [0.15, 0.2) is 146 Å². The molecule has 0 saturated heterocycles. The topological polar surface area (TPSA) is 101 Å². The SMILES string of the molecule is Cc1ccccc1O.Oc1ccccc1.Oc1ccccc1.Oc1ccccc1.Oc1ccccc1. The Balaban J connectivity index is 0.000000225. The van der Waals surface area contributed by atoms with Crippen molar-refractivity contribution in [3.8, 4) is 28.7 Å². The van der Waals surface area contributed by atoms with Gasteiger partial charge in [-0.25, -0.2) is 0 Å². The number of benzene rings is 5. The van der Waals surface area contributed by atoms with Gasteiger partial charge in [-0.05, 0) is 67.1 Å². The van der Waals surface area contributed by atoms with Crippen LogP contribution in [0.2, 0.25) is 0 Å². The maximum absolute atomic E-state index is 8.92. The number of aromatic hydroxyl groups is 5. The predicted octanol–water partition coefficient (Wildman–Crippen LogP) is 7.27. The monoisotopic (exact) mass is 484 g/mol. The van der Waals surface area contributed by atoms with Crippen molar-refractivity contribution >= 4 is 0 Å². The number of rotatable bonds is 0. The molecule has 0 bridgehead atoms. The van der Waals surface area contributed by atoms with Crippen molar-refractivity contribution in [2.24, 2.45) is 0 Å². The molecule has 0 fully saturated rings. The number of phenolic OH excluding ortho intramolecular Hbond substituents is 5. The number of phenols is 5. The first kappa shape index (κ1) is 29.1. The molecule has 0 saturated carbocycles. The zero-order valence-corrected chi connectivity index (χ0v) is 20.1. The molecule has 0 spiro atoms. The second-order valence-corrected chi connectivity index (χ2v) is 7.13. The average molecular weight is 485 g/mol. The summed E-state index contributed by atoms with van der Waals surface area (Å²) >= 11 is 0. The molecule has 0 atom stereocenters. The highest BCUT2D eigenvalue weighted by molar-refractivity contribution is 5.29. The van der Waals surface area contributed by atoms with Gasteiger partial charge in [-0.1, -0.05) is 91.0 Å². The van der Waals surface area contributed by atoms with E-state index in [9.17, 15) is 0 Å². The van der Waals surface area contributed by atoms with Gasteiger partial charge >= 0.3 is 0 Å². The van der Waals surface area contributed by atoms with E-state index in [0.29, 0.717) is 28.7 Å². The number of hydrogen-bond acceptors (Lipinski definition) is 5. The molecule has 5 nitrogen and oxygen atoms in total. The minimum absolute atomic E-state index is 0.322. The Morgan fingerprint density at radius 3 is 0.667 bits per heavy atom. The molecule has 0 aromatic heterocycles. The van der Waals surface area contributed by atoms with Gasteiger partial charge in [0, 0.05) is 0 Å². The summed E-state index contributed by atoms with van der Waals surface area (Å²) in [5, 5.41) is 43.4. The standard InChI is InChI=1S/C7H8O.4C6H6O/c1-6-4-2-3-5-7(6)8;4*7-6-4-2-1-3-5-6/h2-5,8H,1H3;4*1-5,7H. The van der Waals surface area contributed by atoms with Crippen molar-refractivity contribution in [1.82, 2.24) is 0 Å². The lowest BCUT2D eigenvalue weighted by Crippen LogP contribution is -1.68. The van der Waals surface area contributed by atoms with Crippen molar-refractivity contribution in [2.45, 2.75) is 6.92 Å². The molecule has 0 radical (unpaired) electrons. The predicted molar refractivity (Wildman–Crippen MR) is 145 cm³/mol. The van der Waals surface area contributed by atoms with Crippen molar-refractivity contribution in [3.05, 3.63) is 151 Å². The van der Waals surface area contributed by atoms with Crippen LogP contribution < -0.4 is 0 Å². The first-order valence-corrected chi connectivity index (χ1v) is 11.1. The maximum Gasteiger partial charge on any atom is 0.118 e. The van der Waals surface area contributed by atoms with Crippen molar-refractivity contribution in [1.29, 1.82) is 0 Å². The molecule has 5 aromatic carbocycles. The highest BCUT2D eigenvalue weighted by Crippen LogP contribution is 2.12. The van der Waals surface area contributed by atoms with Gasteiger partial charge in [0.1, 0.15) is 28.7 Å². The molecule has 0 heterocycles. The third-order valence-electron chi connectivity index (χ3n) is 4.14. The summed E-state index contributed by atoms with van der Waals surface area (Å²) in [5.74, 6) is 1.66. The zero-order valence-electron chi connectivity index (χ0n) is 20.1. The highest BCUT2D eigenvalue weighted by Gasteiger charge is 1.87. The van der Waals surface area contributed by atoms with Crippen molar-refractivity contribution in [3.63, 3.8) is 0 Å². The molecular formula is C31H32O5. The minimum Gasteiger partial charge on any atom is -0.508 e. The van der Waals surface area contributed by atoms with E-state index in [1.165, 1.54) is 0 Å². The third kappa shape index (κ3) is 15.8. The Bertz CT molecular complexity index is 996. The summed E-state index contributed by atoms with van der Waals surface area (Å²) in [6.45, 7) is 1.87. The molecule has 5 aromatic rings. The van der Waals surface area contributed by atoms with Crippen molar-refractivity contribution < 1.29 is 25.5 Å². The summed E-state index contributed by atoms with van der Waals surface area (Å²) in [7, 11) is 0. The Labute approximate surface area is 212 Å². The molecule has 5 rings (SSSR count). The van der Waals surface area contributed by atoms with Crippen LogP contribution in [0.5, 0.6) is 28.7 Å². The fourth-order valence-corrected chi connectivity index (χ4v) is 2.28. The van der Waals surface area contributed by atoms with Gasteiger partial charge in [-0.15, -0.1) is 0 Å². The Hall–Kier alpha value is -4.90. The summed E-state index contributed by atoms with van der Waals surface area (Å²) in [5.41, 5.74) is 0.924. The van der Waals surface area contributed by atoms with Gasteiger partial charge < -0.3 is 25.5 Å². The van der Waals surface area contributed by atoms with E-state index < -0.39 is 0 Å². The first-order valence-electron chi connectivity index (χ1n) is 11.1. The largest absolute Gasteiger partial charge is 0.508 e. The van der Waals surface area contributed by atoms with Gasteiger partial charge in [0.15, 0.2) is 0 Å². The van der Waals surface area contributed by atoms with Crippen LogP contribution in [0.25, 0.3) is 0 Å². The smallest absolute Gasteiger partial charge is 0.118 e. The zero-order chi connectivity index (χ0) is 26.4. The maximum atomic E-state index is 8.92. The molecule has 36 heavy (non-hydrogen) atoms. The fraction of sp³-hybridized carbons (Fsp3) is 0.0323. The second-order valence-electron chi connectivity index (χ2n) is 7.13. The number of aryl methyl sites for hydroxylation is 1. The number of hydrogen-bond donors (Lipinski definition) is 5. The third-order valence-corrected chi connectivity index (χ3v) is 4.14. The van der Waals surface area contributed by atoms with Crippen molar-refractivity contribution in [2.75, 3.05) is 0 Å². The first-order chi connectivity index (χ1) is 17.4. The van der Waals surface area contributed by atoms with Gasteiger partial charge in [-0.3, -0.25) is 0 Å². The lowest BCUT2D eigenvalue weighted by Gasteiger charge is -1.92. The Morgan fingerprint density at radius 1 is 0.306 bits per heavy atom. The molecule has 5 N–H and O–H groups in total. The van der Waals surface area contributed by atoms with Crippen LogP contribution in [0, 0.1) is 6.92 Å². The molecule has 5 heteroatoms. The summed E-state index contributed by atoms with van der Waals surface area (Å²) < 4.78 is 0. The lowest BCUT2D eigenvalue weighted by molar-refractivity contribution is 0.471. The second kappa shape index (κ2) is 18.5. The Morgan fingerprint density at radius 2 is 0.528 bits per heavy atom. The normalized spacial score (nSPS) is 8.69. The van der Waals surface area contributed by atoms with Crippen LogP contribution in [-0.2, 0) is 0 Å². The fourth-order valence-electron chi connectivity index (χ4n) is 2.28. The van der Waals surface area contributed by atoms with E-state index in [1.807, 2.05) is 49.4 Å².